The molecule has 0 aromatic rings. The molecule has 1 fully saturated rings. The van der Waals surface area contributed by atoms with Crippen molar-refractivity contribution in [3.63, 3.8) is 0 Å². The SMILES string of the molecule is O=C(O)CONC(=O)N1CCC(CO)CC1. The van der Waals surface area contributed by atoms with Crippen LogP contribution in [0.2, 0.25) is 0 Å². The van der Waals surface area contributed by atoms with Crippen LogP contribution in [-0.4, -0.2) is 53.4 Å². The fraction of sp³-hybridized carbons (Fsp3) is 0.778. The summed E-state index contributed by atoms with van der Waals surface area (Å²) in [7, 11) is 0. The summed E-state index contributed by atoms with van der Waals surface area (Å²) < 4.78 is 0. The third-order valence-electron chi connectivity index (χ3n) is 2.52. The van der Waals surface area contributed by atoms with E-state index in [4.69, 9.17) is 10.2 Å². The van der Waals surface area contributed by atoms with Gasteiger partial charge in [-0.3, -0.25) is 4.84 Å². The second-order valence-corrected chi connectivity index (χ2v) is 3.70. The first-order valence-electron chi connectivity index (χ1n) is 5.13. The molecule has 0 unspecified atom stereocenters. The first kappa shape index (κ1) is 12.7. The summed E-state index contributed by atoms with van der Waals surface area (Å²) in [6.45, 7) is 0.685. The molecule has 1 rings (SSSR count). The van der Waals surface area contributed by atoms with Gasteiger partial charge in [-0.1, -0.05) is 0 Å². The van der Waals surface area contributed by atoms with Gasteiger partial charge in [0.25, 0.3) is 0 Å². The van der Waals surface area contributed by atoms with Gasteiger partial charge < -0.3 is 15.1 Å². The zero-order valence-electron chi connectivity index (χ0n) is 8.89. The Hall–Kier alpha value is -1.34. The van der Waals surface area contributed by atoms with Crippen LogP contribution in [0.15, 0.2) is 0 Å². The van der Waals surface area contributed by atoms with Crippen LogP contribution in [0.5, 0.6) is 0 Å². The summed E-state index contributed by atoms with van der Waals surface area (Å²) in [6, 6.07) is -0.433. The minimum atomic E-state index is -1.14. The molecule has 7 nitrogen and oxygen atoms in total. The molecule has 3 N–H and O–H groups in total. The smallest absolute Gasteiger partial charge is 0.341 e. The summed E-state index contributed by atoms with van der Waals surface area (Å²) in [5.74, 6) is -0.886. The standard InChI is InChI=1S/C9H16N2O5/c12-5-7-1-3-11(4-2-7)9(15)10-16-6-8(13)14/h7,12H,1-6H2,(H,10,15)(H,13,14). The summed E-state index contributed by atoms with van der Waals surface area (Å²) >= 11 is 0. The minimum Gasteiger partial charge on any atom is -0.479 e. The maximum Gasteiger partial charge on any atom is 0.341 e. The van der Waals surface area contributed by atoms with Crippen molar-refractivity contribution < 1.29 is 24.6 Å². The van der Waals surface area contributed by atoms with Crippen molar-refractivity contribution >= 4 is 12.0 Å². The molecule has 0 aromatic heterocycles. The number of carbonyl (C=O) groups excluding carboxylic acids is 1. The van der Waals surface area contributed by atoms with Crippen LogP contribution in [0, 0.1) is 5.92 Å². The maximum atomic E-state index is 11.4. The fourth-order valence-electron chi connectivity index (χ4n) is 1.54. The molecule has 1 heterocycles. The maximum absolute atomic E-state index is 11.4. The van der Waals surface area contributed by atoms with Gasteiger partial charge >= 0.3 is 12.0 Å². The lowest BCUT2D eigenvalue weighted by molar-refractivity contribution is -0.144. The summed E-state index contributed by atoms with van der Waals surface area (Å²) in [5, 5.41) is 17.2. The van der Waals surface area contributed by atoms with Gasteiger partial charge in [0, 0.05) is 19.7 Å². The van der Waals surface area contributed by atoms with Crippen LogP contribution < -0.4 is 5.48 Å². The van der Waals surface area contributed by atoms with E-state index in [9.17, 15) is 9.59 Å². The van der Waals surface area contributed by atoms with Gasteiger partial charge in [0.05, 0.1) is 0 Å². The van der Waals surface area contributed by atoms with E-state index >= 15 is 0 Å². The molecule has 0 saturated carbocycles. The van der Waals surface area contributed by atoms with E-state index in [-0.39, 0.29) is 12.5 Å². The summed E-state index contributed by atoms with van der Waals surface area (Å²) in [4.78, 5) is 27.5. The normalized spacial score (nSPS) is 17.2. The Labute approximate surface area is 92.9 Å². The van der Waals surface area contributed by atoms with Gasteiger partial charge in [0.2, 0.25) is 0 Å². The zero-order valence-corrected chi connectivity index (χ0v) is 8.89. The van der Waals surface area contributed by atoms with Crippen LogP contribution in [0.1, 0.15) is 12.8 Å². The van der Waals surface area contributed by atoms with E-state index in [0.717, 1.165) is 12.8 Å². The third-order valence-corrected chi connectivity index (χ3v) is 2.52. The molecular weight excluding hydrogens is 216 g/mol. The molecule has 2 amide bonds. The quantitative estimate of drug-likeness (QED) is 0.563. The number of carbonyl (C=O) groups is 2. The number of hydrogen-bond donors (Lipinski definition) is 3. The van der Waals surface area contributed by atoms with Gasteiger partial charge in [-0.2, -0.15) is 0 Å². The minimum absolute atomic E-state index is 0.144. The Morgan fingerprint density at radius 1 is 1.38 bits per heavy atom. The summed E-state index contributed by atoms with van der Waals surface area (Å²) in [5.41, 5.74) is 2.06. The highest BCUT2D eigenvalue weighted by atomic mass is 16.7. The lowest BCUT2D eigenvalue weighted by atomic mass is 9.98. The van der Waals surface area contributed by atoms with E-state index in [0.29, 0.717) is 13.1 Å². The second-order valence-electron chi connectivity index (χ2n) is 3.70. The number of aliphatic hydroxyl groups is 1. The number of hydrogen-bond acceptors (Lipinski definition) is 4. The van der Waals surface area contributed by atoms with Gasteiger partial charge in [0.1, 0.15) is 0 Å². The largest absolute Gasteiger partial charge is 0.479 e. The Bertz CT molecular complexity index is 250. The van der Waals surface area contributed by atoms with E-state index < -0.39 is 18.6 Å². The predicted molar refractivity (Wildman–Crippen MR) is 53.5 cm³/mol. The Morgan fingerprint density at radius 3 is 2.50 bits per heavy atom. The zero-order chi connectivity index (χ0) is 12.0. The van der Waals surface area contributed by atoms with Crippen molar-refractivity contribution in [3.05, 3.63) is 0 Å². The lowest BCUT2D eigenvalue weighted by Crippen LogP contribution is -2.45. The molecule has 1 saturated heterocycles. The molecule has 16 heavy (non-hydrogen) atoms. The van der Waals surface area contributed by atoms with Crippen molar-refractivity contribution in [2.45, 2.75) is 12.8 Å². The molecule has 0 aromatic carbocycles. The van der Waals surface area contributed by atoms with E-state index in [1.165, 1.54) is 4.90 Å². The van der Waals surface area contributed by atoms with Gasteiger partial charge in [-0.25, -0.2) is 15.1 Å². The number of aliphatic carboxylic acids is 1. The number of amides is 2. The molecule has 0 radical (unpaired) electrons. The van der Waals surface area contributed by atoms with E-state index in [1.807, 2.05) is 0 Å². The summed E-state index contributed by atoms with van der Waals surface area (Å²) in [6.07, 6.45) is 1.51. The van der Waals surface area contributed by atoms with Crippen molar-refractivity contribution in [1.29, 1.82) is 0 Å². The molecule has 1 aliphatic heterocycles. The topological polar surface area (TPSA) is 99.1 Å². The van der Waals surface area contributed by atoms with E-state index in [2.05, 4.69) is 10.3 Å². The van der Waals surface area contributed by atoms with Crippen molar-refractivity contribution in [1.82, 2.24) is 10.4 Å². The van der Waals surface area contributed by atoms with Crippen molar-refractivity contribution in [2.24, 2.45) is 5.92 Å². The molecule has 0 aliphatic carbocycles. The van der Waals surface area contributed by atoms with E-state index in [1.54, 1.807) is 0 Å². The number of nitrogens with zero attached hydrogens (tertiary/aromatic N) is 1. The van der Waals surface area contributed by atoms with Crippen LogP contribution in [0.25, 0.3) is 0 Å². The molecule has 7 heteroatoms. The second kappa shape index (κ2) is 6.29. The molecular formula is C9H16N2O5. The monoisotopic (exact) mass is 232 g/mol. The van der Waals surface area contributed by atoms with Crippen molar-refractivity contribution in [3.8, 4) is 0 Å². The van der Waals surface area contributed by atoms with Crippen molar-refractivity contribution in [2.75, 3.05) is 26.3 Å². The number of carboxylic acids is 1. The predicted octanol–water partition coefficient (Wildman–Crippen LogP) is -0.584. The van der Waals surface area contributed by atoms with Gasteiger partial charge in [0.15, 0.2) is 6.61 Å². The highest BCUT2D eigenvalue weighted by molar-refractivity contribution is 5.73. The first-order valence-corrected chi connectivity index (χ1v) is 5.13. The number of carboxylic acid groups (broad SMARTS) is 1. The van der Waals surface area contributed by atoms with Crippen LogP contribution in [0.4, 0.5) is 4.79 Å². The highest BCUT2D eigenvalue weighted by Gasteiger charge is 2.22. The molecule has 1 aliphatic rings. The number of urea groups is 1. The van der Waals surface area contributed by atoms with Crippen LogP contribution >= 0.6 is 0 Å². The van der Waals surface area contributed by atoms with Gasteiger partial charge in [-0.15, -0.1) is 0 Å². The Morgan fingerprint density at radius 2 is 2.00 bits per heavy atom. The average Bonchev–Trinajstić information content (AvgIpc) is 2.28. The molecule has 0 spiro atoms. The van der Waals surface area contributed by atoms with Crippen LogP contribution in [0.3, 0.4) is 0 Å². The third kappa shape index (κ3) is 4.03. The number of aliphatic hydroxyl groups excluding tert-OH is 1. The number of likely N-dealkylation sites (tertiary alicyclic amines) is 1. The highest BCUT2D eigenvalue weighted by Crippen LogP contribution is 2.15. The number of rotatable bonds is 4. The molecule has 92 valence electrons. The van der Waals surface area contributed by atoms with Crippen LogP contribution in [-0.2, 0) is 9.63 Å². The fourth-order valence-corrected chi connectivity index (χ4v) is 1.54. The first-order chi connectivity index (χ1) is 7.63. The molecule has 0 atom stereocenters. The molecule has 0 bridgehead atoms. The lowest BCUT2D eigenvalue weighted by Gasteiger charge is -2.30. The number of hydroxylamine groups is 1. The number of piperidine rings is 1. The van der Waals surface area contributed by atoms with Gasteiger partial charge in [-0.05, 0) is 18.8 Å². The number of nitrogens with one attached hydrogen (secondary N) is 1. The average molecular weight is 232 g/mol. The Kier molecular flexibility index (Phi) is 5.00. The Balaban J connectivity index is 2.20.